The molecule has 0 aliphatic carbocycles. The van der Waals surface area contributed by atoms with Crippen LogP contribution in [0.4, 0.5) is 0 Å². The van der Waals surface area contributed by atoms with Crippen molar-refractivity contribution >= 4 is 10.4 Å². The third kappa shape index (κ3) is 6.83. The Morgan fingerprint density at radius 2 is 2.00 bits per heavy atom. The predicted molar refractivity (Wildman–Crippen MR) is 57.0 cm³/mol. The fourth-order valence-electron chi connectivity index (χ4n) is 1.82. The predicted octanol–water partition coefficient (Wildman–Crippen LogP) is 1.12. The van der Waals surface area contributed by atoms with Gasteiger partial charge in [0, 0.05) is 6.04 Å². The van der Waals surface area contributed by atoms with Crippen LogP contribution in [0.25, 0.3) is 0 Å². The molecular weight excluding hydrogens is 218 g/mol. The van der Waals surface area contributed by atoms with Gasteiger partial charge in [-0.1, -0.05) is 19.3 Å². The molecule has 0 aromatic heterocycles. The first kappa shape index (κ1) is 12.9. The van der Waals surface area contributed by atoms with Gasteiger partial charge in [0.1, 0.15) is 0 Å². The Balaban J connectivity index is 2.18. The van der Waals surface area contributed by atoms with Crippen LogP contribution >= 0.6 is 0 Å². The normalized spacial score (nSPS) is 24.5. The monoisotopic (exact) mass is 237 g/mol. The zero-order chi connectivity index (χ0) is 11.1. The molecule has 0 bridgehead atoms. The Morgan fingerprint density at radius 3 is 2.73 bits per heavy atom. The highest BCUT2D eigenvalue weighted by atomic mass is 32.3. The van der Waals surface area contributed by atoms with E-state index >= 15 is 0 Å². The summed E-state index contributed by atoms with van der Waals surface area (Å²) < 4.78 is 33.3. The number of nitrogens with one attached hydrogen (secondary N) is 1. The van der Waals surface area contributed by atoms with Crippen molar-refractivity contribution < 1.29 is 17.2 Å². The first-order valence-electron chi connectivity index (χ1n) is 5.43. The van der Waals surface area contributed by atoms with E-state index in [1.807, 2.05) is 0 Å². The van der Waals surface area contributed by atoms with E-state index < -0.39 is 10.4 Å². The Bertz CT molecular complexity index is 257. The minimum absolute atomic E-state index is 0.0521. The minimum Gasteiger partial charge on any atom is -0.314 e. The Morgan fingerprint density at radius 1 is 1.27 bits per heavy atom. The zero-order valence-electron chi connectivity index (χ0n) is 8.81. The van der Waals surface area contributed by atoms with Crippen molar-refractivity contribution in [2.24, 2.45) is 0 Å². The number of hydrogen-bond donors (Lipinski definition) is 2. The Labute approximate surface area is 91.2 Å². The SMILES string of the molecule is O=S(=O)(O)OCCC1CCCCCCN1. The van der Waals surface area contributed by atoms with Gasteiger partial charge in [-0.2, -0.15) is 8.42 Å². The molecule has 0 saturated carbocycles. The zero-order valence-corrected chi connectivity index (χ0v) is 9.63. The van der Waals surface area contributed by atoms with Gasteiger partial charge in [0.25, 0.3) is 0 Å². The first-order chi connectivity index (χ1) is 7.08. The van der Waals surface area contributed by atoms with E-state index in [9.17, 15) is 8.42 Å². The molecule has 5 nitrogen and oxygen atoms in total. The van der Waals surface area contributed by atoms with Gasteiger partial charge in [-0.05, 0) is 25.8 Å². The summed E-state index contributed by atoms with van der Waals surface area (Å²) in [6.07, 6.45) is 6.53. The molecule has 0 aromatic rings. The molecule has 90 valence electrons. The molecule has 6 heteroatoms. The van der Waals surface area contributed by atoms with Gasteiger partial charge in [0.05, 0.1) is 6.61 Å². The highest BCUT2D eigenvalue weighted by Crippen LogP contribution is 2.11. The summed E-state index contributed by atoms with van der Waals surface area (Å²) in [6.45, 7) is 1.03. The van der Waals surface area contributed by atoms with Crippen LogP contribution in [-0.4, -0.2) is 32.2 Å². The summed E-state index contributed by atoms with van der Waals surface area (Å²) in [7, 11) is -4.27. The van der Waals surface area contributed by atoms with Gasteiger partial charge < -0.3 is 5.32 Å². The van der Waals surface area contributed by atoms with Crippen LogP contribution in [-0.2, 0) is 14.6 Å². The molecule has 1 rings (SSSR count). The molecular formula is C9H19NO4S. The smallest absolute Gasteiger partial charge is 0.314 e. The lowest BCUT2D eigenvalue weighted by Gasteiger charge is -2.20. The molecule has 0 amide bonds. The molecule has 15 heavy (non-hydrogen) atoms. The topological polar surface area (TPSA) is 75.6 Å². The molecule has 0 spiro atoms. The maximum atomic E-state index is 10.3. The van der Waals surface area contributed by atoms with Gasteiger partial charge in [-0.3, -0.25) is 4.55 Å². The highest BCUT2D eigenvalue weighted by Gasteiger charge is 2.12. The summed E-state index contributed by atoms with van der Waals surface area (Å²) in [4.78, 5) is 0. The van der Waals surface area contributed by atoms with Crippen LogP contribution in [0.2, 0.25) is 0 Å². The van der Waals surface area contributed by atoms with Crippen molar-refractivity contribution in [3.63, 3.8) is 0 Å². The maximum absolute atomic E-state index is 10.3. The Hall–Kier alpha value is -0.170. The molecule has 1 unspecified atom stereocenters. The third-order valence-corrected chi connectivity index (χ3v) is 3.08. The minimum atomic E-state index is -4.27. The van der Waals surface area contributed by atoms with E-state index in [4.69, 9.17) is 4.55 Å². The van der Waals surface area contributed by atoms with Crippen LogP contribution in [0.3, 0.4) is 0 Å². The van der Waals surface area contributed by atoms with E-state index in [2.05, 4.69) is 9.50 Å². The molecule has 1 heterocycles. The quantitative estimate of drug-likeness (QED) is 0.717. The van der Waals surface area contributed by atoms with Gasteiger partial charge in [-0.25, -0.2) is 4.18 Å². The highest BCUT2D eigenvalue weighted by molar-refractivity contribution is 7.80. The second-order valence-corrected chi connectivity index (χ2v) is 4.98. The molecule has 2 N–H and O–H groups in total. The lowest BCUT2D eigenvalue weighted by molar-refractivity contribution is 0.244. The van der Waals surface area contributed by atoms with Crippen molar-refractivity contribution in [3.8, 4) is 0 Å². The number of rotatable bonds is 4. The van der Waals surface area contributed by atoms with E-state index in [-0.39, 0.29) is 6.61 Å². The van der Waals surface area contributed by atoms with Gasteiger partial charge in [0.2, 0.25) is 0 Å². The maximum Gasteiger partial charge on any atom is 0.397 e. The van der Waals surface area contributed by atoms with E-state index in [0.717, 1.165) is 13.0 Å². The van der Waals surface area contributed by atoms with Crippen LogP contribution in [0, 0.1) is 0 Å². The van der Waals surface area contributed by atoms with Crippen molar-refractivity contribution in [2.75, 3.05) is 13.2 Å². The summed E-state index contributed by atoms with van der Waals surface area (Å²) >= 11 is 0. The second kappa shape index (κ2) is 6.42. The van der Waals surface area contributed by atoms with Crippen LogP contribution < -0.4 is 5.32 Å². The molecule has 1 aliphatic rings. The molecule has 1 atom stereocenters. The summed E-state index contributed by atoms with van der Waals surface area (Å²) in [5.74, 6) is 0. The average Bonchev–Trinajstić information content (AvgIpc) is 2.06. The van der Waals surface area contributed by atoms with E-state index in [0.29, 0.717) is 12.5 Å². The van der Waals surface area contributed by atoms with Gasteiger partial charge in [-0.15, -0.1) is 0 Å². The second-order valence-electron chi connectivity index (χ2n) is 3.89. The van der Waals surface area contributed by atoms with Crippen LogP contribution in [0.5, 0.6) is 0 Å². The molecule has 1 aliphatic heterocycles. The largest absolute Gasteiger partial charge is 0.397 e. The fraction of sp³-hybridized carbons (Fsp3) is 1.00. The lowest BCUT2D eigenvalue weighted by atomic mass is 10.0. The van der Waals surface area contributed by atoms with E-state index in [1.165, 1.54) is 25.7 Å². The Kier molecular flexibility index (Phi) is 5.52. The van der Waals surface area contributed by atoms with Crippen molar-refractivity contribution in [1.29, 1.82) is 0 Å². The van der Waals surface area contributed by atoms with Crippen LogP contribution in [0.15, 0.2) is 0 Å². The van der Waals surface area contributed by atoms with Crippen molar-refractivity contribution in [3.05, 3.63) is 0 Å². The van der Waals surface area contributed by atoms with Gasteiger partial charge >= 0.3 is 10.4 Å². The molecule has 1 saturated heterocycles. The van der Waals surface area contributed by atoms with E-state index in [1.54, 1.807) is 0 Å². The summed E-state index contributed by atoms with van der Waals surface area (Å²) in [5, 5.41) is 3.35. The first-order valence-corrected chi connectivity index (χ1v) is 6.80. The van der Waals surface area contributed by atoms with Crippen LogP contribution in [0.1, 0.15) is 38.5 Å². The third-order valence-electron chi connectivity index (χ3n) is 2.61. The molecule has 1 fully saturated rings. The van der Waals surface area contributed by atoms with Crippen molar-refractivity contribution in [1.82, 2.24) is 5.32 Å². The standard InChI is InChI=1S/C9H19NO4S/c11-15(12,13)14-8-6-9-5-3-1-2-4-7-10-9/h9-10H,1-8H2,(H,11,12,13). The lowest BCUT2D eigenvalue weighted by Crippen LogP contribution is -2.32. The van der Waals surface area contributed by atoms with Gasteiger partial charge in [0.15, 0.2) is 0 Å². The molecule has 0 aromatic carbocycles. The average molecular weight is 237 g/mol. The number of hydrogen-bond acceptors (Lipinski definition) is 4. The van der Waals surface area contributed by atoms with Crippen molar-refractivity contribution in [2.45, 2.75) is 44.6 Å². The summed E-state index contributed by atoms with van der Waals surface area (Å²) in [6, 6.07) is 0.312. The summed E-state index contributed by atoms with van der Waals surface area (Å²) in [5.41, 5.74) is 0. The molecule has 0 radical (unpaired) electrons. The fourth-order valence-corrected chi connectivity index (χ4v) is 2.13.